The summed E-state index contributed by atoms with van der Waals surface area (Å²) in [5.74, 6) is 1.25. The van der Waals surface area contributed by atoms with Crippen molar-refractivity contribution in [1.29, 1.82) is 0 Å². The molecule has 0 saturated carbocycles. The van der Waals surface area contributed by atoms with Crippen molar-refractivity contribution in [2.45, 2.75) is 25.7 Å². The molecule has 31 heavy (non-hydrogen) atoms. The van der Waals surface area contributed by atoms with Crippen LogP contribution in [0.15, 0.2) is 84.9 Å². The van der Waals surface area contributed by atoms with Crippen LogP contribution in [0.3, 0.4) is 0 Å². The minimum Gasteiger partial charge on any atom is -0.508 e. The Balaban J connectivity index is 1.38. The summed E-state index contributed by atoms with van der Waals surface area (Å²) in [5, 5.41) is 9.56. The van der Waals surface area contributed by atoms with Gasteiger partial charge in [-0.05, 0) is 85.3 Å². The Bertz CT molecular complexity index is 956. The molecule has 1 fully saturated rings. The predicted octanol–water partition coefficient (Wildman–Crippen LogP) is 5.74. The van der Waals surface area contributed by atoms with Crippen LogP contribution in [0.25, 0.3) is 5.57 Å². The predicted molar refractivity (Wildman–Crippen MR) is 128 cm³/mol. The van der Waals surface area contributed by atoms with Crippen LogP contribution in [-0.4, -0.2) is 36.2 Å². The molecule has 3 aromatic rings. The maximum Gasteiger partial charge on any atom is 0.119 e. The molecule has 0 unspecified atom stereocenters. The summed E-state index contributed by atoms with van der Waals surface area (Å²) in [6.07, 6.45) is 6.66. The van der Waals surface area contributed by atoms with Crippen molar-refractivity contribution < 1.29 is 9.84 Å². The smallest absolute Gasteiger partial charge is 0.119 e. The number of hydrogen-bond acceptors (Lipinski definition) is 3. The monoisotopic (exact) mass is 413 g/mol. The molecular formula is C28H31NO2. The molecule has 3 nitrogen and oxygen atoms in total. The number of aromatic hydroxyl groups is 1. The zero-order valence-electron chi connectivity index (χ0n) is 18.0. The fraction of sp³-hybridized carbons (Fsp3) is 0.286. The van der Waals surface area contributed by atoms with E-state index in [9.17, 15) is 5.11 Å². The van der Waals surface area contributed by atoms with E-state index < -0.39 is 0 Å². The third kappa shape index (κ3) is 6.47. The first-order valence-corrected chi connectivity index (χ1v) is 11.2. The lowest BCUT2D eigenvalue weighted by Crippen LogP contribution is -2.25. The van der Waals surface area contributed by atoms with Crippen LogP contribution in [0.5, 0.6) is 11.5 Å². The van der Waals surface area contributed by atoms with E-state index in [1.165, 1.54) is 48.2 Å². The Morgan fingerprint density at radius 1 is 0.839 bits per heavy atom. The SMILES string of the molecule is Oc1ccc(CC(=CCc2ccc(OCCN3CCCC3)cc2)c2ccccc2)cc1. The lowest BCUT2D eigenvalue weighted by Gasteiger charge is -2.15. The quantitative estimate of drug-likeness (QED) is 0.486. The molecule has 160 valence electrons. The molecule has 0 aliphatic carbocycles. The number of rotatable bonds is 9. The Labute approximate surface area is 185 Å². The molecule has 0 aromatic heterocycles. The fourth-order valence-corrected chi connectivity index (χ4v) is 4.04. The summed E-state index contributed by atoms with van der Waals surface area (Å²) in [7, 11) is 0. The first-order valence-electron chi connectivity index (χ1n) is 11.2. The topological polar surface area (TPSA) is 32.7 Å². The number of likely N-dealkylation sites (tertiary alicyclic amines) is 1. The lowest BCUT2D eigenvalue weighted by atomic mass is 9.96. The van der Waals surface area contributed by atoms with Crippen molar-refractivity contribution in [3.05, 3.63) is 102 Å². The van der Waals surface area contributed by atoms with Gasteiger partial charge in [-0.15, -0.1) is 0 Å². The van der Waals surface area contributed by atoms with E-state index in [0.29, 0.717) is 5.75 Å². The highest BCUT2D eigenvalue weighted by atomic mass is 16.5. The van der Waals surface area contributed by atoms with Gasteiger partial charge >= 0.3 is 0 Å². The molecular weight excluding hydrogens is 382 g/mol. The largest absolute Gasteiger partial charge is 0.508 e. The van der Waals surface area contributed by atoms with Crippen molar-refractivity contribution in [2.24, 2.45) is 0 Å². The Morgan fingerprint density at radius 3 is 2.23 bits per heavy atom. The van der Waals surface area contributed by atoms with Gasteiger partial charge in [-0.3, -0.25) is 4.90 Å². The van der Waals surface area contributed by atoms with Crippen LogP contribution in [0.4, 0.5) is 0 Å². The lowest BCUT2D eigenvalue weighted by molar-refractivity contribution is 0.238. The molecule has 1 aliphatic heterocycles. The summed E-state index contributed by atoms with van der Waals surface area (Å²) in [6.45, 7) is 4.19. The van der Waals surface area contributed by atoms with Gasteiger partial charge in [0, 0.05) is 6.54 Å². The highest BCUT2D eigenvalue weighted by Gasteiger charge is 2.10. The van der Waals surface area contributed by atoms with E-state index in [1.54, 1.807) is 12.1 Å². The van der Waals surface area contributed by atoms with Crippen molar-refractivity contribution in [3.63, 3.8) is 0 Å². The van der Waals surface area contributed by atoms with Crippen molar-refractivity contribution in [3.8, 4) is 11.5 Å². The second-order valence-corrected chi connectivity index (χ2v) is 8.18. The van der Waals surface area contributed by atoms with E-state index in [1.807, 2.05) is 18.2 Å². The molecule has 3 heteroatoms. The number of benzene rings is 3. The summed E-state index contributed by atoms with van der Waals surface area (Å²) < 4.78 is 5.93. The van der Waals surface area contributed by atoms with E-state index in [4.69, 9.17) is 4.74 Å². The molecule has 1 saturated heterocycles. The van der Waals surface area contributed by atoms with Gasteiger partial charge in [-0.25, -0.2) is 0 Å². The number of phenols is 1. The first kappa shape index (κ1) is 21.2. The number of nitrogens with zero attached hydrogens (tertiary/aromatic N) is 1. The average Bonchev–Trinajstić information content (AvgIpc) is 3.33. The van der Waals surface area contributed by atoms with Crippen LogP contribution in [0.2, 0.25) is 0 Å². The summed E-state index contributed by atoms with van der Waals surface area (Å²) in [6, 6.07) is 26.5. The summed E-state index contributed by atoms with van der Waals surface area (Å²) in [4.78, 5) is 2.47. The van der Waals surface area contributed by atoms with Gasteiger partial charge in [-0.1, -0.05) is 60.7 Å². The normalized spacial score (nSPS) is 14.6. The molecule has 3 aromatic carbocycles. The standard InChI is InChI=1S/C28H31NO2/c30-27-14-9-24(10-15-27)22-26(25-6-2-1-3-7-25)13-8-23-11-16-28(17-12-23)31-21-20-29-18-4-5-19-29/h1-3,6-7,9-17,30H,4-5,8,18-22H2. The molecule has 0 atom stereocenters. The molecule has 1 aliphatic rings. The van der Waals surface area contributed by atoms with Crippen molar-refractivity contribution in [2.75, 3.05) is 26.2 Å². The molecule has 0 radical (unpaired) electrons. The second kappa shape index (κ2) is 10.8. The maximum atomic E-state index is 9.56. The number of phenolic OH excluding ortho intramolecular Hbond substituents is 1. The van der Waals surface area contributed by atoms with Crippen molar-refractivity contribution >= 4 is 5.57 Å². The minimum atomic E-state index is 0.303. The zero-order chi connectivity index (χ0) is 21.3. The van der Waals surface area contributed by atoms with Crippen LogP contribution in [-0.2, 0) is 12.8 Å². The first-order chi connectivity index (χ1) is 15.3. The Hall–Kier alpha value is -3.04. The number of ether oxygens (including phenoxy) is 1. The zero-order valence-corrected chi connectivity index (χ0v) is 18.0. The highest BCUT2D eigenvalue weighted by Crippen LogP contribution is 2.22. The van der Waals surface area contributed by atoms with Crippen LogP contribution in [0.1, 0.15) is 29.5 Å². The molecule has 0 amide bonds. The van der Waals surface area contributed by atoms with E-state index in [-0.39, 0.29) is 0 Å². The van der Waals surface area contributed by atoms with E-state index in [2.05, 4.69) is 59.5 Å². The molecule has 0 bridgehead atoms. The van der Waals surface area contributed by atoms with E-state index >= 15 is 0 Å². The van der Waals surface area contributed by atoms with Gasteiger partial charge in [0.25, 0.3) is 0 Å². The third-order valence-corrected chi connectivity index (χ3v) is 5.86. The van der Waals surface area contributed by atoms with Gasteiger partial charge in [0.15, 0.2) is 0 Å². The Morgan fingerprint density at radius 2 is 1.52 bits per heavy atom. The summed E-state index contributed by atoms with van der Waals surface area (Å²) in [5.41, 5.74) is 4.98. The van der Waals surface area contributed by atoms with Crippen LogP contribution in [0, 0.1) is 0 Å². The molecule has 1 N–H and O–H groups in total. The molecule has 0 spiro atoms. The minimum absolute atomic E-state index is 0.303. The maximum absolute atomic E-state index is 9.56. The van der Waals surface area contributed by atoms with Gasteiger partial charge in [-0.2, -0.15) is 0 Å². The highest BCUT2D eigenvalue weighted by molar-refractivity contribution is 5.68. The summed E-state index contributed by atoms with van der Waals surface area (Å²) >= 11 is 0. The molecule has 1 heterocycles. The number of hydrogen-bond donors (Lipinski definition) is 1. The van der Waals surface area contributed by atoms with Gasteiger partial charge in [0.2, 0.25) is 0 Å². The third-order valence-electron chi connectivity index (χ3n) is 5.86. The number of allylic oxidation sites excluding steroid dienone is 2. The second-order valence-electron chi connectivity index (χ2n) is 8.18. The molecule has 4 rings (SSSR count). The Kier molecular flexibility index (Phi) is 7.41. The average molecular weight is 414 g/mol. The van der Waals surface area contributed by atoms with Crippen molar-refractivity contribution in [1.82, 2.24) is 4.90 Å². The van der Waals surface area contributed by atoms with Gasteiger partial charge in [0.05, 0.1) is 0 Å². The fourth-order valence-electron chi connectivity index (χ4n) is 4.04. The van der Waals surface area contributed by atoms with Gasteiger partial charge < -0.3 is 9.84 Å². The van der Waals surface area contributed by atoms with Crippen LogP contribution < -0.4 is 4.74 Å². The van der Waals surface area contributed by atoms with Gasteiger partial charge in [0.1, 0.15) is 18.1 Å². The van der Waals surface area contributed by atoms with E-state index in [0.717, 1.165) is 31.7 Å². The van der Waals surface area contributed by atoms with Crippen LogP contribution >= 0.6 is 0 Å².